The first-order valence-electron chi connectivity index (χ1n) is 7.01. The number of aromatic hydroxyl groups is 1. The van der Waals surface area contributed by atoms with Gasteiger partial charge in [0.1, 0.15) is 17.1 Å². The number of phenols is 1. The van der Waals surface area contributed by atoms with Crippen LogP contribution in [0.3, 0.4) is 0 Å². The minimum Gasteiger partial charge on any atom is -0.508 e. The third kappa shape index (κ3) is 5.91. The molecule has 0 radical (unpaired) electrons. The molecule has 0 aliphatic heterocycles. The number of benzene rings is 1. The molecular weight excluding hydrogens is 288 g/mol. The highest BCUT2D eigenvalue weighted by atomic mass is 16.7. The lowest BCUT2D eigenvalue weighted by atomic mass is 9.95. The molecule has 1 aromatic carbocycles. The molecule has 0 saturated carbocycles. The molecule has 6 heteroatoms. The fourth-order valence-electron chi connectivity index (χ4n) is 1.60. The number of phenolic OH excluding ortho intramolecular Hbond substituents is 1. The Morgan fingerprint density at radius 3 is 2.27 bits per heavy atom. The third-order valence-electron chi connectivity index (χ3n) is 2.88. The summed E-state index contributed by atoms with van der Waals surface area (Å²) >= 11 is 0. The first-order valence-corrected chi connectivity index (χ1v) is 7.01. The van der Waals surface area contributed by atoms with E-state index in [4.69, 9.17) is 9.47 Å². The summed E-state index contributed by atoms with van der Waals surface area (Å²) in [4.78, 5) is 11.5. The minimum absolute atomic E-state index is 0.0715. The topological polar surface area (TPSA) is 96.2 Å². The van der Waals surface area contributed by atoms with Gasteiger partial charge in [0, 0.05) is 12.5 Å². The summed E-state index contributed by atoms with van der Waals surface area (Å²) in [6.07, 6.45) is -1.82. The van der Waals surface area contributed by atoms with E-state index in [1.54, 1.807) is 20.8 Å². The van der Waals surface area contributed by atoms with E-state index in [-0.39, 0.29) is 17.9 Å². The molecule has 0 fully saturated rings. The van der Waals surface area contributed by atoms with E-state index in [1.807, 2.05) is 0 Å². The average Bonchev–Trinajstić information content (AvgIpc) is 2.28. The SMILES string of the molecule is CC(C)(C)OC(=O)Oc1ccc(CC(O)C(C)(C)O)c(O)c1. The van der Waals surface area contributed by atoms with Gasteiger partial charge in [-0.2, -0.15) is 0 Å². The zero-order chi connectivity index (χ0) is 17.1. The van der Waals surface area contributed by atoms with Crippen molar-refractivity contribution in [3.63, 3.8) is 0 Å². The first-order chi connectivity index (χ1) is 9.88. The molecule has 0 aliphatic rings. The van der Waals surface area contributed by atoms with Crippen LogP contribution in [0.1, 0.15) is 40.2 Å². The standard InChI is InChI=1S/C16H24O6/c1-15(2,3)22-14(19)21-11-7-6-10(12(17)9-11)8-13(18)16(4,5)20/h6-7,9,13,17-18,20H,8H2,1-5H3. The Hall–Kier alpha value is -1.79. The maximum absolute atomic E-state index is 11.5. The monoisotopic (exact) mass is 312 g/mol. The van der Waals surface area contributed by atoms with E-state index in [2.05, 4.69) is 0 Å². The average molecular weight is 312 g/mol. The van der Waals surface area contributed by atoms with E-state index in [1.165, 1.54) is 32.0 Å². The van der Waals surface area contributed by atoms with Gasteiger partial charge in [-0.05, 0) is 46.2 Å². The second-order valence-corrected chi connectivity index (χ2v) is 6.73. The van der Waals surface area contributed by atoms with Crippen molar-refractivity contribution in [3.05, 3.63) is 23.8 Å². The van der Waals surface area contributed by atoms with Gasteiger partial charge < -0.3 is 24.8 Å². The maximum Gasteiger partial charge on any atom is 0.514 e. The lowest BCUT2D eigenvalue weighted by Crippen LogP contribution is -2.37. The second kappa shape index (κ2) is 6.54. The summed E-state index contributed by atoms with van der Waals surface area (Å²) in [6, 6.07) is 4.26. The Balaban J connectivity index is 2.76. The number of rotatable bonds is 4. The third-order valence-corrected chi connectivity index (χ3v) is 2.88. The predicted octanol–water partition coefficient (Wildman–Crippen LogP) is 2.38. The van der Waals surface area contributed by atoms with Crippen LogP contribution in [0.15, 0.2) is 18.2 Å². The molecule has 1 unspecified atom stereocenters. The van der Waals surface area contributed by atoms with Gasteiger partial charge >= 0.3 is 6.16 Å². The molecule has 3 N–H and O–H groups in total. The number of hydrogen-bond donors (Lipinski definition) is 3. The van der Waals surface area contributed by atoms with E-state index in [9.17, 15) is 20.1 Å². The van der Waals surface area contributed by atoms with Crippen LogP contribution in [-0.2, 0) is 11.2 Å². The number of aliphatic hydroxyl groups excluding tert-OH is 1. The van der Waals surface area contributed by atoms with E-state index >= 15 is 0 Å². The Morgan fingerprint density at radius 1 is 1.23 bits per heavy atom. The van der Waals surface area contributed by atoms with Crippen LogP contribution in [0.2, 0.25) is 0 Å². The fraction of sp³-hybridized carbons (Fsp3) is 0.562. The molecule has 0 spiro atoms. The molecule has 0 aliphatic carbocycles. The molecule has 0 amide bonds. The van der Waals surface area contributed by atoms with Gasteiger partial charge in [-0.25, -0.2) is 4.79 Å². The Labute approximate surface area is 130 Å². The van der Waals surface area contributed by atoms with Crippen LogP contribution >= 0.6 is 0 Å². The van der Waals surface area contributed by atoms with Gasteiger partial charge in [0.25, 0.3) is 0 Å². The van der Waals surface area contributed by atoms with Crippen LogP contribution in [0.4, 0.5) is 4.79 Å². The van der Waals surface area contributed by atoms with Crippen molar-refractivity contribution in [3.8, 4) is 11.5 Å². The molecule has 0 aromatic heterocycles. The molecule has 0 saturated heterocycles. The highest BCUT2D eigenvalue weighted by Crippen LogP contribution is 2.27. The van der Waals surface area contributed by atoms with Crippen molar-refractivity contribution in [2.45, 2.75) is 58.3 Å². The largest absolute Gasteiger partial charge is 0.514 e. The Morgan fingerprint density at radius 2 is 1.82 bits per heavy atom. The quantitative estimate of drug-likeness (QED) is 0.583. The van der Waals surface area contributed by atoms with Gasteiger partial charge in [-0.1, -0.05) is 6.07 Å². The normalized spacial score (nSPS) is 13.6. The van der Waals surface area contributed by atoms with Gasteiger partial charge in [-0.3, -0.25) is 0 Å². The molecule has 6 nitrogen and oxygen atoms in total. The molecule has 0 heterocycles. The summed E-state index contributed by atoms with van der Waals surface area (Å²) < 4.78 is 9.97. The second-order valence-electron chi connectivity index (χ2n) is 6.73. The van der Waals surface area contributed by atoms with Crippen LogP contribution in [0.25, 0.3) is 0 Å². The van der Waals surface area contributed by atoms with Crippen molar-refractivity contribution < 1.29 is 29.6 Å². The van der Waals surface area contributed by atoms with E-state index < -0.39 is 23.5 Å². The number of hydrogen-bond acceptors (Lipinski definition) is 6. The number of carbonyl (C=O) groups is 1. The molecule has 124 valence electrons. The first kappa shape index (κ1) is 18.3. The summed E-state index contributed by atoms with van der Waals surface area (Å²) in [5.41, 5.74) is -1.51. The van der Waals surface area contributed by atoms with E-state index in [0.29, 0.717) is 5.56 Å². The fourth-order valence-corrected chi connectivity index (χ4v) is 1.60. The van der Waals surface area contributed by atoms with Crippen molar-refractivity contribution in [1.82, 2.24) is 0 Å². The summed E-state index contributed by atoms with van der Waals surface area (Å²) in [5, 5.41) is 29.5. The number of aliphatic hydroxyl groups is 2. The van der Waals surface area contributed by atoms with E-state index in [0.717, 1.165) is 0 Å². The number of ether oxygens (including phenoxy) is 2. The van der Waals surface area contributed by atoms with Crippen LogP contribution in [0.5, 0.6) is 11.5 Å². The summed E-state index contributed by atoms with van der Waals surface area (Å²) in [6.45, 7) is 8.11. The Kier molecular flexibility index (Phi) is 5.43. The van der Waals surface area contributed by atoms with Crippen molar-refractivity contribution >= 4 is 6.16 Å². The van der Waals surface area contributed by atoms with Crippen LogP contribution < -0.4 is 4.74 Å². The number of carbonyl (C=O) groups excluding carboxylic acids is 1. The van der Waals surface area contributed by atoms with Crippen molar-refractivity contribution in [2.75, 3.05) is 0 Å². The lowest BCUT2D eigenvalue weighted by molar-refractivity contribution is -0.0471. The van der Waals surface area contributed by atoms with Crippen molar-refractivity contribution in [1.29, 1.82) is 0 Å². The van der Waals surface area contributed by atoms with Gasteiger partial charge in [-0.15, -0.1) is 0 Å². The predicted molar refractivity (Wildman–Crippen MR) is 81.0 cm³/mol. The summed E-state index contributed by atoms with van der Waals surface area (Å²) in [5.74, 6) is -0.00222. The molecule has 1 aromatic rings. The maximum atomic E-state index is 11.5. The minimum atomic E-state index is -1.28. The molecule has 1 rings (SSSR count). The molecule has 1 atom stereocenters. The molecular formula is C16H24O6. The lowest BCUT2D eigenvalue weighted by Gasteiger charge is -2.24. The summed E-state index contributed by atoms with van der Waals surface area (Å²) in [7, 11) is 0. The van der Waals surface area contributed by atoms with Crippen LogP contribution in [-0.4, -0.2) is 38.8 Å². The zero-order valence-corrected chi connectivity index (χ0v) is 13.6. The van der Waals surface area contributed by atoms with Crippen molar-refractivity contribution in [2.24, 2.45) is 0 Å². The Bertz CT molecular complexity index is 524. The highest BCUT2D eigenvalue weighted by Gasteiger charge is 2.25. The van der Waals surface area contributed by atoms with Gasteiger partial charge in [0.2, 0.25) is 0 Å². The highest BCUT2D eigenvalue weighted by molar-refractivity contribution is 5.64. The zero-order valence-electron chi connectivity index (χ0n) is 13.6. The molecule has 22 heavy (non-hydrogen) atoms. The van der Waals surface area contributed by atoms with Gasteiger partial charge in [0.15, 0.2) is 0 Å². The van der Waals surface area contributed by atoms with Gasteiger partial charge in [0.05, 0.1) is 11.7 Å². The smallest absolute Gasteiger partial charge is 0.508 e. The van der Waals surface area contributed by atoms with Crippen LogP contribution in [0, 0.1) is 0 Å². The molecule has 0 bridgehead atoms.